The van der Waals surface area contributed by atoms with Crippen LogP contribution in [0.3, 0.4) is 0 Å². The van der Waals surface area contributed by atoms with Crippen LogP contribution in [0.5, 0.6) is 0 Å². The molecule has 1 N–H and O–H groups in total. The Morgan fingerprint density at radius 2 is 1.40 bits per heavy atom. The molecule has 3 aliphatic rings. The van der Waals surface area contributed by atoms with Crippen LogP contribution in [0.4, 0.5) is 9.59 Å². The highest BCUT2D eigenvalue weighted by molar-refractivity contribution is 7.89. The van der Waals surface area contributed by atoms with Gasteiger partial charge < -0.3 is 15.0 Å². The summed E-state index contributed by atoms with van der Waals surface area (Å²) in [4.78, 5) is 31.1. The second kappa shape index (κ2) is 15.9. The standard InChI is InChI=1S/C42H45N5O5S/c1-45-23-25-46(26-24-45)53(50,51)35-21-19-31(20-22-35)30-15-17-32(18-16-30)33(27-43)28-44-41(48)47(34-9-3-2-4-10-34)42(49)52-29-40-38-13-7-5-11-36(38)37-12-6-8-14-39(37)40/h5-8,11-22,33-34,40H,2-4,9-10,23-26,28-29H2,1H3,(H,44,48). The maximum Gasteiger partial charge on any atom is 0.418 e. The molecule has 53 heavy (non-hydrogen) atoms. The number of ether oxygens (including phenoxy) is 1. The molecule has 10 nitrogen and oxygen atoms in total. The van der Waals surface area contributed by atoms with Crippen molar-refractivity contribution in [3.05, 3.63) is 114 Å². The lowest BCUT2D eigenvalue weighted by atomic mass is 9.94. The average molecular weight is 732 g/mol. The van der Waals surface area contributed by atoms with Gasteiger partial charge >= 0.3 is 12.1 Å². The lowest BCUT2D eigenvalue weighted by Crippen LogP contribution is -2.51. The summed E-state index contributed by atoms with van der Waals surface area (Å²) in [6, 6.07) is 32.1. The Morgan fingerprint density at radius 1 is 0.830 bits per heavy atom. The maximum atomic E-state index is 13.7. The van der Waals surface area contributed by atoms with Crippen molar-refractivity contribution in [1.82, 2.24) is 19.4 Å². The quantitative estimate of drug-likeness (QED) is 0.193. The summed E-state index contributed by atoms with van der Waals surface area (Å²) in [5.74, 6) is -0.776. The molecule has 0 spiro atoms. The van der Waals surface area contributed by atoms with Gasteiger partial charge in [-0.05, 0) is 71.0 Å². The van der Waals surface area contributed by atoms with Gasteiger partial charge in [-0.3, -0.25) is 0 Å². The summed E-state index contributed by atoms with van der Waals surface area (Å²) < 4.78 is 33.8. The zero-order valence-corrected chi connectivity index (χ0v) is 30.8. The number of likely N-dealkylation sites (N-methyl/N-ethyl adjacent to an activating group) is 1. The molecule has 274 valence electrons. The lowest BCUT2D eigenvalue weighted by molar-refractivity contribution is 0.0872. The van der Waals surface area contributed by atoms with Crippen LogP contribution >= 0.6 is 0 Å². The second-order valence-electron chi connectivity index (χ2n) is 14.2. The number of carbonyl (C=O) groups is 2. The number of nitrogens with one attached hydrogen (secondary N) is 1. The third kappa shape index (κ3) is 7.72. The molecule has 11 heteroatoms. The first-order valence-electron chi connectivity index (χ1n) is 18.5. The number of imide groups is 1. The van der Waals surface area contributed by atoms with Gasteiger partial charge in [0.25, 0.3) is 0 Å². The van der Waals surface area contributed by atoms with E-state index in [4.69, 9.17) is 4.74 Å². The van der Waals surface area contributed by atoms with E-state index in [2.05, 4.69) is 40.6 Å². The van der Waals surface area contributed by atoms with Crippen LogP contribution < -0.4 is 5.32 Å². The second-order valence-corrected chi connectivity index (χ2v) is 16.1. The van der Waals surface area contributed by atoms with E-state index in [9.17, 15) is 23.3 Å². The van der Waals surface area contributed by atoms with Crippen molar-refractivity contribution in [2.75, 3.05) is 46.4 Å². The van der Waals surface area contributed by atoms with Gasteiger partial charge in [-0.1, -0.05) is 104 Å². The number of amides is 3. The van der Waals surface area contributed by atoms with Crippen molar-refractivity contribution < 1.29 is 22.7 Å². The summed E-state index contributed by atoms with van der Waals surface area (Å²) in [6.07, 6.45) is 3.66. The Morgan fingerprint density at radius 3 is 1.98 bits per heavy atom. The monoisotopic (exact) mass is 731 g/mol. The van der Waals surface area contributed by atoms with E-state index in [1.54, 1.807) is 24.3 Å². The number of nitrogens with zero attached hydrogens (tertiary/aromatic N) is 4. The summed E-state index contributed by atoms with van der Waals surface area (Å²) in [5.41, 5.74) is 6.90. The SMILES string of the molecule is CN1CCN(S(=O)(=O)c2ccc(-c3ccc(C(C#N)CNC(=O)N(C(=O)OCC4c5ccccc5-c5ccccc54)C4CCCCC4)cc3)cc2)CC1. The number of nitriles is 1. The van der Waals surface area contributed by atoms with E-state index in [0.29, 0.717) is 39.0 Å². The van der Waals surface area contributed by atoms with Crippen LogP contribution in [0, 0.1) is 11.3 Å². The Balaban J connectivity index is 0.994. The predicted octanol–water partition coefficient (Wildman–Crippen LogP) is 7.19. The van der Waals surface area contributed by atoms with Crippen LogP contribution in [0.2, 0.25) is 0 Å². The molecule has 4 aromatic rings. The van der Waals surface area contributed by atoms with Crippen molar-refractivity contribution >= 4 is 22.1 Å². The molecule has 7 rings (SSSR count). The number of piperazine rings is 1. The van der Waals surface area contributed by atoms with Crippen LogP contribution in [-0.4, -0.2) is 87.1 Å². The minimum Gasteiger partial charge on any atom is -0.448 e. The zero-order valence-electron chi connectivity index (χ0n) is 30.0. The third-order valence-corrected chi connectivity index (χ3v) is 12.8. The molecule has 1 unspecified atom stereocenters. The van der Waals surface area contributed by atoms with Crippen molar-refractivity contribution in [3.8, 4) is 28.3 Å². The fraction of sp³-hybridized carbons (Fsp3) is 0.357. The van der Waals surface area contributed by atoms with Crippen LogP contribution in [0.1, 0.15) is 60.6 Å². The first-order valence-corrected chi connectivity index (χ1v) is 19.9. The first-order chi connectivity index (χ1) is 25.7. The topological polar surface area (TPSA) is 123 Å². The van der Waals surface area contributed by atoms with Gasteiger partial charge in [-0.2, -0.15) is 9.57 Å². The van der Waals surface area contributed by atoms with E-state index >= 15 is 0 Å². The van der Waals surface area contributed by atoms with Gasteiger partial charge in [0.1, 0.15) is 6.61 Å². The van der Waals surface area contributed by atoms with Crippen molar-refractivity contribution in [1.29, 1.82) is 5.26 Å². The smallest absolute Gasteiger partial charge is 0.418 e. The molecule has 4 aromatic carbocycles. The van der Waals surface area contributed by atoms with Crippen molar-refractivity contribution in [3.63, 3.8) is 0 Å². The molecular formula is C42H45N5O5S. The van der Waals surface area contributed by atoms with Gasteiger partial charge in [-0.25, -0.2) is 22.9 Å². The number of sulfonamides is 1. The van der Waals surface area contributed by atoms with Gasteiger partial charge in [-0.15, -0.1) is 0 Å². The van der Waals surface area contributed by atoms with Crippen molar-refractivity contribution in [2.45, 2.75) is 54.9 Å². The fourth-order valence-electron chi connectivity index (χ4n) is 7.82. The number of urea groups is 1. The number of fused-ring (bicyclic) bond motifs is 3. The Hall–Kier alpha value is -5.02. The highest BCUT2D eigenvalue weighted by Crippen LogP contribution is 2.44. The number of hydrogen-bond donors (Lipinski definition) is 1. The summed E-state index contributed by atoms with van der Waals surface area (Å²) in [6.45, 7) is 2.48. The van der Waals surface area contributed by atoms with E-state index in [1.165, 1.54) is 9.21 Å². The van der Waals surface area contributed by atoms with Gasteiger partial charge in [0.15, 0.2) is 0 Å². The van der Waals surface area contributed by atoms with Gasteiger partial charge in [0, 0.05) is 44.7 Å². The Bertz CT molecular complexity index is 2040. The minimum atomic E-state index is -3.56. The minimum absolute atomic E-state index is 0.0212. The highest BCUT2D eigenvalue weighted by Gasteiger charge is 2.35. The lowest BCUT2D eigenvalue weighted by Gasteiger charge is -2.32. The number of benzene rings is 4. The summed E-state index contributed by atoms with van der Waals surface area (Å²) >= 11 is 0. The number of hydrogen-bond acceptors (Lipinski definition) is 7. The van der Waals surface area contributed by atoms with E-state index in [0.717, 1.165) is 58.2 Å². The van der Waals surface area contributed by atoms with E-state index in [1.807, 2.05) is 55.6 Å². The molecule has 2 aliphatic carbocycles. The van der Waals surface area contributed by atoms with Gasteiger partial charge in [0.05, 0.1) is 16.9 Å². The first kappa shape index (κ1) is 36.3. The molecule has 2 fully saturated rings. The largest absolute Gasteiger partial charge is 0.448 e. The molecule has 0 aromatic heterocycles. The normalized spacial score (nSPS) is 17.3. The molecule has 1 saturated carbocycles. The summed E-state index contributed by atoms with van der Waals surface area (Å²) in [5, 5.41) is 13.0. The molecule has 1 heterocycles. The third-order valence-electron chi connectivity index (χ3n) is 10.9. The molecule has 1 saturated heterocycles. The average Bonchev–Trinajstić information content (AvgIpc) is 3.51. The van der Waals surface area contributed by atoms with Crippen molar-refractivity contribution in [2.24, 2.45) is 0 Å². The van der Waals surface area contributed by atoms with Crippen LogP contribution in [-0.2, 0) is 14.8 Å². The van der Waals surface area contributed by atoms with Crippen LogP contribution in [0.15, 0.2) is 102 Å². The molecule has 3 amide bonds. The van der Waals surface area contributed by atoms with Crippen LogP contribution in [0.25, 0.3) is 22.3 Å². The Kier molecular flexibility index (Phi) is 10.9. The Labute approximate surface area is 312 Å². The molecule has 0 bridgehead atoms. The summed E-state index contributed by atoms with van der Waals surface area (Å²) in [7, 11) is -1.58. The maximum absolute atomic E-state index is 13.7. The zero-order chi connectivity index (χ0) is 37.0. The van der Waals surface area contributed by atoms with E-state index in [-0.39, 0.29) is 30.0 Å². The fourth-order valence-corrected chi connectivity index (χ4v) is 9.24. The van der Waals surface area contributed by atoms with Gasteiger partial charge in [0.2, 0.25) is 10.0 Å². The predicted molar refractivity (Wildman–Crippen MR) is 204 cm³/mol. The molecule has 0 radical (unpaired) electrons. The number of rotatable bonds is 9. The number of carbonyl (C=O) groups excluding carboxylic acids is 2. The highest BCUT2D eigenvalue weighted by atomic mass is 32.2. The molecule has 1 aliphatic heterocycles. The van der Waals surface area contributed by atoms with E-state index < -0.39 is 28.1 Å². The molecular weight excluding hydrogens is 687 g/mol. The molecule has 1 atom stereocenters.